The van der Waals surface area contributed by atoms with Crippen LogP contribution in [0.25, 0.3) is 5.65 Å². The lowest BCUT2D eigenvalue weighted by molar-refractivity contribution is -0.203. The molecule has 0 aromatic carbocycles. The van der Waals surface area contributed by atoms with Gasteiger partial charge >= 0.3 is 12.2 Å². The summed E-state index contributed by atoms with van der Waals surface area (Å²) in [5.41, 5.74) is 2.04. The summed E-state index contributed by atoms with van der Waals surface area (Å²) in [6.45, 7) is 9.00. The molecule has 258 valence electrons. The van der Waals surface area contributed by atoms with Gasteiger partial charge in [0.25, 0.3) is 0 Å². The first-order valence-electron chi connectivity index (χ1n) is 16.9. The SMILES string of the molecule is CC(C)(C#N)CNC1CCN(CCn2cc(Nc3nc4c(N5CC6CCC(C5)N6C(=O)N5CC(C(F)(F)F)C5)cccn4n3)cn2)CC1. The number of rotatable bonds is 9. The number of nitrogens with one attached hydrogen (secondary N) is 2. The van der Waals surface area contributed by atoms with E-state index in [0.717, 1.165) is 63.2 Å². The van der Waals surface area contributed by atoms with Crippen molar-refractivity contribution in [1.29, 1.82) is 5.26 Å². The number of nitriles is 1. The Kier molecular flexibility index (Phi) is 8.61. The monoisotopic (exact) mass is 668 g/mol. The number of hydrogen-bond donors (Lipinski definition) is 2. The van der Waals surface area contributed by atoms with E-state index in [1.165, 1.54) is 4.90 Å². The highest BCUT2D eigenvalue weighted by atomic mass is 19.4. The Morgan fingerprint density at radius 3 is 2.48 bits per heavy atom. The lowest BCUT2D eigenvalue weighted by Gasteiger charge is -2.47. The number of fused-ring (bicyclic) bond motifs is 3. The number of anilines is 3. The van der Waals surface area contributed by atoms with E-state index in [1.54, 1.807) is 10.7 Å². The molecule has 13 nitrogen and oxygen atoms in total. The number of piperidine rings is 1. The van der Waals surface area contributed by atoms with Crippen LogP contribution in [-0.2, 0) is 6.54 Å². The van der Waals surface area contributed by atoms with Crippen molar-refractivity contribution >= 4 is 29.0 Å². The zero-order valence-electron chi connectivity index (χ0n) is 27.4. The number of nitrogens with zero attached hydrogens (tertiary/aromatic N) is 10. The second-order valence-corrected chi connectivity index (χ2v) is 14.3. The van der Waals surface area contributed by atoms with Crippen molar-refractivity contribution < 1.29 is 18.0 Å². The first-order valence-corrected chi connectivity index (χ1v) is 16.9. The van der Waals surface area contributed by atoms with Crippen molar-refractivity contribution in [2.45, 2.75) is 70.4 Å². The van der Waals surface area contributed by atoms with Crippen molar-refractivity contribution in [3.8, 4) is 6.07 Å². The number of amides is 2. The van der Waals surface area contributed by atoms with Crippen molar-refractivity contribution in [1.82, 2.24) is 44.4 Å². The molecule has 3 aromatic rings. The Bertz CT molecular complexity index is 1640. The van der Waals surface area contributed by atoms with Crippen LogP contribution in [0.15, 0.2) is 30.7 Å². The Labute approximate surface area is 277 Å². The van der Waals surface area contributed by atoms with Gasteiger partial charge in [0.15, 0.2) is 5.65 Å². The van der Waals surface area contributed by atoms with Gasteiger partial charge in [-0.15, -0.1) is 5.10 Å². The molecule has 0 saturated carbocycles. The number of piperazine rings is 1. The molecule has 7 heterocycles. The second-order valence-electron chi connectivity index (χ2n) is 14.3. The summed E-state index contributed by atoms with van der Waals surface area (Å²) < 4.78 is 42.7. The van der Waals surface area contributed by atoms with Crippen LogP contribution in [0.1, 0.15) is 39.5 Å². The maximum Gasteiger partial charge on any atom is 0.395 e. The molecule has 0 aliphatic carbocycles. The smallest absolute Gasteiger partial charge is 0.364 e. The molecule has 2 bridgehead atoms. The topological polar surface area (TPSA) is 126 Å². The van der Waals surface area contributed by atoms with Gasteiger partial charge < -0.3 is 30.2 Å². The average molecular weight is 669 g/mol. The van der Waals surface area contributed by atoms with Crippen molar-refractivity contribution in [2.75, 3.05) is 62.6 Å². The normalized spacial score (nSPS) is 22.7. The maximum atomic E-state index is 13.2. The maximum absolute atomic E-state index is 13.2. The van der Waals surface area contributed by atoms with Crippen LogP contribution in [-0.4, -0.2) is 122 Å². The average Bonchev–Trinajstić information content (AvgIpc) is 3.73. The molecule has 2 atom stereocenters. The number of pyridine rings is 1. The molecule has 0 spiro atoms. The first kappa shape index (κ1) is 32.4. The summed E-state index contributed by atoms with van der Waals surface area (Å²) in [4.78, 5) is 25.8. The molecule has 2 amide bonds. The Hall–Kier alpha value is -4.10. The third kappa shape index (κ3) is 6.75. The molecule has 48 heavy (non-hydrogen) atoms. The molecule has 4 fully saturated rings. The predicted molar refractivity (Wildman–Crippen MR) is 173 cm³/mol. The number of carbonyl (C=O) groups excluding carboxylic acids is 1. The summed E-state index contributed by atoms with van der Waals surface area (Å²) >= 11 is 0. The van der Waals surface area contributed by atoms with E-state index in [9.17, 15) is 23.2 Å². The number of likely N-dealkylation sites (tertiary alicyclic amines) is 2. The third-order valence-electron chi connectivity index (χ3n) is 10.3. The number of urea groups is 1. The summed E-state index contributed by atoms with van der Waals surface area (Å²) in [6.07, 6.45) is 5.09. The molecular weight excluding hydrogens is 625 g/mol. The quantitative estimate of drug-likeness (QED) is 0.352. The summed E-state index contributed by atoms with van der Waals surface area (Å²) in [7, 11) is 0. The number of aromatic nitrogens is 5. The van der Waals surface area contributed by atoms with E-state index in [0.29, 0.717) is 37.3 Å². The van der Waals surface area contributed by atoms with Gasteiger partial charge in [-0.05, 0) is 64.8 Å². The van der Waals surface area contributed by atoms with Gasteiger partial charge in [-0.2, -0.15) is 28.5 Å². The Balaban J connectivity index is 0.920. The van der Waals surface area contributed by atoms with Crippen molar-refractivity contribution in [3.63, 3.8) is 0 Å². The number of carbonyl (C=O) groups is 1. The number of alkyl halides is 3. The first-order chi connectivity index (χ1) is 23.0. The molecule has 2 unspecified atom stereocenters. The molecule has 16 heteroatoms. The van der Waals surface area contributed by atoms with Crippen LogP contribution in [0.2, 0.25) is 0 Å². The highest BCUT2D eigenvalue weighted by Crippen LogP contribution is 2.38. The second kappa shape index (κ2) is 12.7. The van der Waals surface area contributed by atoms with E-state index >= 15 is 0 Å². The van der Waals surface area contributed by atoms with Crippen LogP contribution < -0.4 is 15.5 Å². The highest BCUT2D eigenvalue weighted by Gasteiger charge is 2.52. The van der Waals surface area contributed by atoms with Gasteiger partial charge in [-0.3, -0.25) is 4.68 Å². The number of hydrogen-bond acceptors (Lipinski definition) is 9. The lowest BCUT2D eigenvalue weighted by Crippen LogP contribution is -2.64. The van der Waals surface area contributed by atoms with Gasteiger partial charge in [-0.25, -0.2) is 9.31 Å². The predicted octanol–water partition coefficient (Wildman–Crippen LogP) is 3.54. The van der Waals surface area contributed by atoms with Crippen LogP contribution in [0.4, 0.5) is 35.3 Å². The molecule has 0 radical (unpaired) electrons. The fourth-order valence-corrected chi connectivity index (χ4v) is 7.33. The van der Waals surface area contributed by atoms with Gasteiger partial charge in [0.05, 0.1) is 53.6 Å². The van der Waals surface area contributed by atoms with E-state index < -0.39 is 12.1 Å². The highest BCUT2D eigenvalue weighted by molar-refractivity contribution is 5.78. The van der Waals surface area contributed by atoms with E-state index in [4.69, 9.17) is 4.98 Å². The van der Waals surface area contributed by atoms with E-state index in [1.807, 2.05) is 48.0 Å². The minimum Gasteiger partial charge on any atom is -0.364 e. The molecule has 3 aromatic heterocycles. The largest absolute Gasteiger partial charge is 0.395 e. The van der Waals surface area contributed by atoms with Gasteiger partial charge in [-0.1, -0.05) is 0 Å². The zero-order chi connectivity index (χ0) is 33.6. The van der Waals surface area contributed by atoms with E-state index in [-0.39, 0.29) is 36.6 Å². The Morgan fingerprint density at radius 2 is 1.79 bits per heavy atom. The summed E-state index contributed by atoms with van der Waals surface area (Å²) in [5, 5.41) is 25.2. The molecule has 4 aliphatic rings. The molecular formula is C32H43F3N12O. The van der Waals surface area contributed by atoms with Crippen molar-refractivity contribution in [3.05, 3.63) is 30.7 Å². The van der Waals surface area contributed by atoms with Crippen LogP contribution in [0.3, 0.4) is 0 Å². The Morgan fingerprint density at radius 1 is 1.06 bits per heavy atom. The fraction of sp³-hybridized carbons (Fsp3) is 0.656. The van der Waals surface area contributed by atoms with E-state index in [2.05, 4.69) is 36.7 Å². The lowest BCUT2D eigenvalue weighted by atomic mass is 9.94. The molecule has 7 rings (SSSR count). The van der Waals surface area contributed by atoms with Gasteiger partial charge in [0.2, 0.25) is 5.95 Å². The van der Waals surface area contributed by atoms with Crippen LogP contribution in [0, 0.1) is 22.7 Å². The van der Waals surface area contributed by atoms with Crippen molar-refractivity contribution in [2.24, 2.45) is 11.3 Å². The van der Waals surface area contributed by atoms with Crippen LogP contribution >= 0.6 is 0 Å². The molecule has 2 N–H and O–H groups in total. The van der Waals surface area contributed by atoms with Gasteiger partial charge in [0, 0.05) is 57.7 Å². The fourth-order valence-electron chi connectivity index (χ4n) is 7.33. The molecule has 4 saturated heterocycles. The summed E-state index contributed by atoms with van der Waals surface area (Å²) in [5.74, 6) is -0.973. The van der Waals surface area contributed by atoms with Crippen LogP contribution in [0.5, 0.6) is 0 Å². The third-order valence-corrected chi connectivity index (χ3v) is 10.3. The number of halogens is 3. The minimum absolute atomic E-state index is 0.0577. The standard InChI is InChI=1S/C32H43F3N12O/c1-31(2,20-36)21-37-23-7-10-42(11-8-23)12-13-45-17-24(14-38-45)39-29-40-28-27(4-3-9-46(28)41-29)43-18-25-5-6-26(19-43)47(25)30(48)44-15-22(16-44)32(33,34)35/h3-4,9,14,17,22-23,25-26,37H,5-8,10-13,15-16,18-19,21H2,1-2H3,(H,39,41). The summed E-state index contributed by atoms with van der Waals surface area (Å²) in [6, 6.07) is 6.33. The zero-order valence-corrected chi connectivity index (χ0v) is 27.4. The van der Waals surface area contributed by atoms with Gasteiger partial charge in [0.1, 0.15) is 0 Å². The molecule has 4 aliphatic heterocycles. The minimum atomic E-state index is -4.26.